The molecule has 1 fully saturated rings. The molecule has 11 heteroatoms. The van der Waals surface area contributed by atoms with Crippen LogP contribution in [0.4, 0.5) is 16.2 Å². The highest BCUT2D eigenvalue weighted by Gasteiger charge is 2.39. The van der Waals surface area contributed by atoms with E-state index >= 15 is 0 Å². The number of fused-ring (bicyclic) bond motifs is 4. The van der Waals surface area contributed by atoms with Gasteiger partial charge >= 0.3 is 6.03 Å². The van der Waals surface area contributed by atoms with Crippen LogP contribution in [0.3, 0.4) is 0 Å². The molecule has 0 unspecified atom stereocenters. The van der Waals surface area contributed by atoms with Crippen LogP contribution in [0, 0.1) is 0 Å². The molecule has 6 rings (SSSR count). The zero-order valence-electron chi connectivity index (χ0n) is 28.7. The number of benzene rings is 4. The second-order valence-electron chi connectivity index (χ2n) is 13.3. The average molecular weight is 677 g/mol. The zero-order chi connectivity index (χ0) is 35.2. The van der Waals surface area contributed by atoms with Gasteiger partial charge in [-0.15, -0.1) is 0 Å². The van der Waals surface area contributed by atoms with Gasteiger partial charge in [-0.1, -0.05) is 54.6 Å². The summed E-state index contributed by atoms with van der Waals surface area (Å²) in [6.07, 6.45) is 1.40. The molecule has 2 aliphatic rings. The van der Waals surface area contributed by atoms with Gasteiger partial charge in [-0.25, -0.2) is 4.79 Å². The van der Waals surface area contributed by atoms with E-state index in [9.17, 15) is 19.2 Å². The van der Waals surface area contributed by atoms with Crippen LogP contribution in [0.25, 0.3) is 10.8 Å². The Morgan fingerprint density at radius 3 is 2.54 bits per heavy atom. The normalized spacial score (nSPS) is 19.6. The van der Waals surface area contributed by atoms with Crippen molar-refractivity contribution in [2.24, 2.45) is 0 Å². The number of carbonyl (C=O) groups is 4. The molecule has 4 aromatic carbocycles. The summed E-state index contributed by atoms with van der Waals surface area (Å²) in [5.41, 5.74) is 2.99. The van der Waals surface area contributed by atoms with E-state index in [1.807, 2.05) is 85.7 Å². The molecule has 0 aromatic heterocycles. The van der Waals surface area contributed by atoms with E-state index in [0.29, 0.717) is 42.8 Å². The number of ether oxygens (including phenoxy) is 1. The molecule has 2 bridgehead atoms. The molecule has 5 amide bonds. The van der Waals surface area contributed by atoms with Crippen LogP contribution in [0.5, 0.6) is 5.75 Å². The first-order valence-electron chi connectivity index (χ1n) is 17.0. The minimum atomic E-state index is -0.828. The predicted molar refractivity (Wildman–Crippen MR) is 195 cm³/mol. The topological polar surface area (TPSA) is 123 Å². The summed E-state index contributed by atoms with van der Waals surface area (Å²) in [7, 11) is 5.59. The van der Waals surface area contributed by atoms with E-state index in [1.54, 1.807) is 41.1 Å². The van der Waals surface area contributed by atoms with Gasteiger partial charge in [-0.2, -0.15) is 0 Å². The quantitative estimate of drug-likeness (QED) is 0.273. The van der Waals surface area contributed by atoms with Crippen molar-refractivity contribution in [2.45, 2.75) is 43.8 Å². The molecule has 0 aliphatic carbocycles. The fourth-order valence-corrected chi connectivity index (χ4v) is 6.75. The lowest BCUT2D eigenvalue weighted by atomic mass is 10.0. The molecular formula is C39H44N6O5. The monoisotopic (exact) mass is 676 g/mol. The van der Waals surface area contributed by atoms with Gasteiger partial charge in [-0.05, 0) is 72.0 Å². The number of nitrogens with one attached hydrogen (secondary N) is 3. The smallest absolute Gasteiger partial charge is 0.319 e. The fourth-order valence-electron chi connectivity index (χ4n) is 6.75. The standard InChI is InChI=1S/C39H44N6O5/c1-43(2)31-15-8-14-29(22-31)40-39(49)41-30-23-32-25-50-33-16-7-13-28(20-33)37(47)44(3)19-9-18-35(38(48)45(32)24-30)42-36(46)21-27-12-6-11-26-10-4-5-17-34(26)27/h4-8,10-17,20,22,30,32,35H,9,18-19,21,23-25H2,1-3H3,(H,42,46)(H2,40,41,49)/t30-,32-,35-/m0/s1. The van der Waals surface area contributed by atoms with Crippen LogP contribution < -0.4 is 25.6 Å². The predicted octanol–water partition coefficient (Wildman–Crippen LogP) is 4.67. The Kier molecular flexibility index (Phi) is 10.5. The number of hydrogen-bond donors (Lipinski definition) is 3. The number of rotatable bonds is 6. The maximum absolute atomic E-state index is 14.4. The summed E-state index contributed by atoms with van der Waals surface area (Å²) in [5, 5.41) is 11.0. The third-order valence-corrected chi connectivity index (χ3v) is 9.37. The molecule has 1 saturated heterocycles. The molecule has 3 N–H and O–H groups in total. The van der Waals surface area contributed by atoms with E-state index in [-0.39, 0.29) is 55.4 Å². The number of anilines is 2. The van der Waals surface area contributed by atoms with Gasteiger partial charge in [0.2, 0.25) is 11.8 Å². The Morgan fingerprint density at radius 2 is 1.70 bits per heavy atom. The van der Waals surface area contributed by atoms with Crippen LogP contribution in [-0.2, 0) is 16.0 Å². The summed E-state index contributed by atoms with van der Waals surface area (Å²) in [4.78, 5) is 59.6. The molecule has 260 valence electrons. The molecule has 3 atom stereocenters. The van der Waals surface area contributed by atoms with Crippen LogP contribution in [-0.4, -0.2) is 92.5 Å². The van der Waals surface area contributed by atoms with E-state index in [0.717, 1.165) is 22.0 Å². The van der Waals surface area contributed by atoms with Crippen molar-refractivity contribution in [3.05, 3.63) is 102 Å². The average Bonchev–Trinajstić information content (AvgIpc) is 3.51. The van der Waals surface area contributed by atoms with Crippen molar-refractivity contribution >= 4 is 45.9 Å². The Hall–Kier alpha value is -5.58. The number of carbonyl (C=O) groups excluding carboxylic acids is 4. The van der Waals surface area contributed by atoms with Crippen molar-refractivity contribution in [1.82, 2.24) is 20.4 Å². The molecule has 50 heavy (non-hydrogen) atoms. The van der Waals surface area contributed by atoms with E-state index in [1.165, 1.54) is 0 Å². The molecule has 4 aromatic rings. The van der Waals surface area contributed by atoms with Crippen LogP contribution in [0.15, 0.2) is 91.0 Å². The van der Waals surface area contributed by atoms with Crippen molar-refractivity contribution in [3.8, 4) is 5.75 Å². The highest BCUT2D eigenvalue weighted by atomic mass is 16.5. The Morgan fingerprint density at radius 1 is 0.920 bits per heavy atom. The Bertz CT molecular complexity index is 1870. The number of hydrogen-bond acceptors (Lipinski definition) is 6. The molecule has 2 aliphatic heterocycles. The minimum Gasteiger partial charge on any atom is -0.491 e. The molecule has 2 heterocycles. The maximum Gasteiger partial charge on any atom is 0.319 e. The van der Waals surface area contributed by atoms with Gasteiger partial charge in [-0.3, -0.25) is 14.4 Å². The SMILES string of the molecule is CN1CCC[C@H](NC(=O)Cc2cccc3ccccc23)C(=O)N2C[C@@H](NC(=O)Nc3cccc(N(C)C)c3)C[C@H]2COc2cccc(c2)C1=O. The number of urea groups is 1. The third-order valence-electron chi connectivity index (χ3n) is 9.37. The molecule has 0 spiro atoms. The van der Waals surface area contributed by atoms with Crippen molar-refractivity contribution < 1.29 is 23.9 Å². The number of nitrogens with zero attached hydrogens (tertiary/aromatic N) is 3. The third kappa shape index (κ3) is 8.16. The fraction of sp³-hybridized carbons (Fsp3) is 0.333. The molecule has 11 nitrogen and oxygen atoms in total. The maximum atomic E-state index is 14.4. The lowest BCUT2D eigenvalue weighted by Crippen LogP contribution is -2.52. The zero-order valence-corrected chi connectivity index (χ0v) is 28.7. The van der Waals surface area contributed by atoms with Gasteiger partial charge in [0.1, 0.15) is 18.4 Å². The van der Waals surface area contributed by atoms with E-state index in [2.05, 4.69) is 16.0 Å². The first-order valence-corrected chi connectivity index (χ1v) is 17.0. The minimum absolute atomic E-state index is 0.115. The summed E-state index contributed by atoms with van der Waals surface area (Å²) in [5.74, 6) is -0.137. The summed E-state index contributed by atoms with van der Waals surface area (Å²) in [6.45, 7) is 0.808. The van der Waals surface area contributed by atoms with Gasteiger partial charge < -0.3 is 35.4 Å². The van der Waals surface area contributed by atoms with Crippen molar-refractivity contribution in [1.29, 1.82) is 0 Å². The van der Waals surface area contributed by atoms with Crippen LogP contribution >= 0.6 is 0 Å². The lowest BCUT2D eigenvalue weighted by Gasteiger charge is -2.30. The lowest BCUT2D eigenvalue weighted by molar-refractivity contribution is -0.137. The van der Waals surface area contributed by atoms with E-state index in [4.69, 9.17) is 4.74 Å². The summed E-state index contributed by atoms with van der Waals surface area (Å²) < 4.78 is 6.17. The van der Waals surface area contributed by atoms with Crippen molar-refractivity contribution in [2.75, 3.05) is 51.1 Å². The summed E-state index contributed by atoms with van der Waals surface area (Å²) >= 11 is 0. The Balaban J connectivity index is 1.22. The van der Waals surface area contributed by atoms with Gasteiger partial charge in [0, 0.05) is 51.2 Å². The second kappa shape index (κ2) is 15.3. The first kappa shape index (κ1) is 34.3. The highest BCUT2D eigenvalue weighted by molar-refractivity contribution is 5.95. The summed E-state index contributed by atoms with van der Waals surface area (Å²) in [6, 6.07) is 26.4. The number of amides is 5. The van der Waals surface area contributed by atoms with Crippen LogP contribution in [0.1, 0.15) is 35.2 Å². The van der Waals surface area contributed by atoms with Gasteiger partial charge in [0.15, 0.2) is 0 Å². The Labute approximate surface area is 292 Å². The van der Waals surface area contributed by atoms with E-state index < -0.39 is 6.04 Å². The highest BCUT2D eigenvalue weighted by Crippen LogP contribution is 2.25. The molecule has 0 saturated carbocycles. The van der Waals surface area contributed by atoms with Crippen LogP contribution in [0.2, 0.25) is 0 Å². The molecule has 0 radical (unpaired) electrons. The largest absolute Gasteiger partial charge is 0.491 e. The second-order valence-corrected chi connectivity index (χ2v) is 13.3. The molecular weight excluding hydrogens is 632 g/mol. The van der Waals surface area contributed by atoms with Gasteiger partial charge in [0.25, 0.3) is 5.91 Å². The van der Waals surface area contributed by atoms with Gasteiger partial charge in [0.05, 0.1) is 18.5 Å². The first-order chi connectivity index (χ1) is 24.1. The van der Waals surface area contributed by atoms with Crippen molar-refractivity contribution in [3.63, 3.8) is 0 Å².